The van der Waals surface area contributed by atoms with Crippen molar-refractivity contribution in [2.45, 2.75) is 59.0 Å². The summed E-state index contributed by atoms with van der Waals surface area (Å²) in [7, 11) is 3.35. The Morgan fingerprint density at radius 3 is 2.47 bits per heavy atom. The van der Waals surface area contributed by atoms with Gasteiger partial charge in [0, 0.05) is 32.4 Å². The third-order valence-corrected chi connectivity index (χ3v) is 6.31. The molecule has 0 bridgehead atoms. The molecule has 1 atom stereocenters. The number of imidazole rings is 1. The molecule has 3 aromatic rings. The summed E-state index contributed by atoms with van der Waals surface area (Å²) < 4.78 is 10.2. The van der Waals surface area contributed by atoms with Crippen molar-refractivity contribution in [2.24, 2.45) is 13.0 Å². The zero-order valence-corrected chi connectivity index (χ0v) is 19.5. The largest absolute Gasteiger partial charge is 0.497 e. The summed E-state index contributed by atoms with van der Waals surface area (Å²) in [5.74, 6) is 1.81. The number of nitrogens with zero attached hydrogens (tertiary/aromatic N) is 5. The van der Waals surface area contributed by atoms with Crippen molar-refractivity contribution in [1.29, 1.82) is 0 Å². The lowest BCUT2D eigenvalue weighted by Gasteiger charge is -2.33. The van der Waals surface area contributed by atoms with E-state index in [-0.39, 0.29) is 11.2 Å². The lowest BCUT2D eigenvalue weighted by molar-refractivity contribution is 0.414. The molecule has 0 saturated heterocycles. The van der Waals surface area contributed by atoms with Gasteiger partial charge in [-0.05, 0) is 36.6 Å². The van der Waals surface area contributed by atoms with Gasteiger partial charge in [-0.15, -0.1) is 0 Å². The minimum atomic E-state index is -0.294. The Balaban J connectivity index is 1.78. The van der Waals surface area contributed by atoms with Crippen molar-refractivity contribution < 1.29 is 4.74 Å². The van der Waals surface area contributed by atoms with Crippen molar-refractivity contribution in [3.8, 4) is 5.75 Å². The summed E-state index contributed by atoms with van der Waals surface area (Å²) >= 11 is 0. The highest BCUT2D eigenvalue weighted by Gasteiger charge is 2.29. The molecule has 172 valence electrons. The van der Waals surface area contributed by atoms with E-state index in [0.29, 0.717) is 36.1 Å². The molecule has 0 fully saturated rings. The quantitative estimate of drug-likeness (QED) is 0.501. The van der Waals surface area contributed by atoms with E-state index in [4.69, 9.17) is 9.72 Å². The van der Waals surface area contributed by atoms with Crippen LogP contribution < -0.4 is 20.9 Å². The molecule has 1 aliphatic rings. The molecule has 0 aliphatic carbocycles. The SMILES string of the molecule is CCCCCCCn1c(=O)c2c(nc3n2C[C@@H](C)CN3c2ccc(OC)cc2)n(C)c1=O. The second-order valence-electron chi connectivity index (χ2n) is 8.82. The number of anilines is 2. The zero-order chi connectivity index (χ0) is 22.8. The number of hydrogen-bond donors (Lipinski definition) is 0. The maximum Gasteiger partial charge on any atom is 0.332 e. The van der Waals surface area contributed by atoms with Crippen LogP contribution in [-0.4, -0.2) is 32.3 Å². The summed E-state index contributed by atoms with van der Waals surface area (Å²) in [6.45, 7) is 6.27. The average molecular weight is 440 g/mol. The Kier molecular flexibility index (Phi) is 6.39. The predicted octanol–water partition coefficient (Wildman–Crippen LogP) is 3.66. The lowest BCUT2D eigenvalue weighted by Crippen LogP contribution is -2.40. The molecular formula is C24H33N5O3. The van der Waals surface area contributed by atoms with E-state index in [1.54, 1.807) is 14.2 Å². The van der Waals surface area contributed by atoms with Crippen LogP contribution in [0.15, 0.2) is 33.9 Å². The number of ether oxygens (including phenoxy) is 1. The molecule has 4 rings (SSSR count). The molecule has 3 heterocycles. The van der Waals surface area contributed by atoms with Gasteiger partial charge < -0.3 is 14.2 Å². The van der Waals surface area contributed by atoms with Crippen molar-refractivity contribution in [3.63, 3.8) is 0 Å². The van der Waals surface area contributed by atoms with E-state index >= 15 is 0 Å². The van der Waals surface area contributed by atoms with E-state index in [2.05, 4.69) is 18.7 Å². The van der Waals surface area contributed by atoms with Gasteiger partial charge in [0.05, 0.1) is 7.11 Å². The Bertz CT molecular complexity index is 1210. The van der Waals surface area contributed by atoms with Crippen molar-refractivity contribution in [1.82, 2.24) is 18.7 Å². The molecule has 0 N–H and O–H groups in total. The second kappa shape index (κ2) is 9.22. The number of benzene rings is 1. The van der Waals surface area contributed by atoms with Crippen LogP contribution in [0.3, 0.4) is 0 Å². The van der Waals surface area contributed by atoms with Gasteiger partial charge in [0.1, 0.15) is 5.75 Å². The molecule has 0 amide bonds. The van der Waals surface area contributed by atoms with Crippen molar-refractivity contribution in [2.75, 3.05) is 18.6 Å². The molecule has 1 aromatic carbocycles. The van der Waals surface area contributed by atoms with Gasteiger partial charge in [-0.3, -0.25) is 13.9 Å². The Morgan fingerprint density at radius 2 is 1.78 bits per heavy atom. The molecular weight excluding hydrogens is 406 g/mol. The van der Waals surface area contributed by atoms with Crippen LogP contribution in [0.2, 0.25) is 0 Å². The second-order valence-corrected chi connectivity index (χ2v) is 8.82. The zero-order valence-electron chi connectivity index (χ0n) is 19.5. The summed E-state index contributed by atoms with van der Waals surface area (Å²) in [5.41, 5.74) is 1.42. The maximum atomic E-state index is 13.4. The Labute approximate surface area is 188 Å². The minimum absolute atomic E-state index is 0.235. The van der Waals surface area contributed by atoms with Gasteiger partial charge >= 0.3 is 5.69 Å². The van der Waals surface area contributed by atoms with Crippen LogP contribution >= 0.6 is 0 Å². The van der Waals surface area contributed by atoms with Gasteiger partial charge in [-0.2, -0.15) is 4.98 Å². The molecule has 0 unspecified atom stereocenters. The Morgan fingerprint density at radius 1 is 1.06 bits per heavy atom. The predicted molar refractivity (Wildman–Crippen MR) is 127 cm³/mol. The fourth-order valence-electron chi connectivity index (χ4n) is 4.56. The number of aryl methyl sites for hydroxylation is 1. The molecule has 0 radical (unpaired) electrons. The van der Waals surface area contributed by atoms with E-state index in [0.717, 1.165) is 37.2 Å². The third kappa shape index (κ3) is 3.94. The molecule has 32 heavy (non-hydrogen) atoms. The van der Waals surface area contributed by atoms with Crippen LogP contribution in [0, 0.1) is 5.92 Å². The minimum Gasteiger partial charge on any atom is -0.497 e. The molecule has 0 spiro atoms. The number of methoxy groups -OCH3 is 1. The first-order valence-corrected chi connectivity index (χ1v) is 11.6. The van der Waals surface area contributed by atoms with Crippen LogP contribution in [0.25, 0.3) is 11.2 Å². The van der Waals surface area contributed by atoms with E-state index in [9.17, 15) is 9.59 Å². The third-order valence-electron chi connectivity index (χ3n) is 6.31. The number of unbranched alkanes of at least 4 members (excludes halogenated alkanes) is 4. The smallest absolute Gasteiger partial charge is 0.332 e. The first kappa shape index (κ1) is 22.2. The van der Waals surface area contributed by atoms with Gasteiger partial charge in [-0.1, -0.05) is 39.5 Å². The molecule has 1 aliphatic heterocycles. The molecule has 8 heteroatoms. The highest BCUT2D eigenvalue weighted by atomic mass is 16.5. The number of hydrogen-bond acceptors (Lipinski definition) is 5. The van der Waals surface area contributed by atoms with Crippen LogP contribution in [0.4, 0.5) is 11.6 Å². The topological polar surface area (TPSA) is 74.3 Å². The molecule has 8 nitrogen and oxygen atoms in total. The first-order valence-electron chi connectivity index (χ1n) is 11.6. The Hall–Kier alpha value is -3.03. The summed E-state index contributed by atoms with van der Waals surface area (Å²) in [5, 5.41) is 0. The lowest BCUT2D eigenvalue weighted by atomic mass is 10.1. The molecule has 0 saturated carbocycles. The fourth-order valence-corrected chi connectivity index (χ4v) is 4.56. The van der Waals surface area contributed by atoms with Gasteiger partial charge in [0.2, 0.25) is 5.95 Å². The highest BCUT2D eigenvalue weighted by Crippen LogP contribution is 2.33. The van der Waals surface area contributed by atoms with Gasteiger partial charge in [-0.25, -0.2) is 4.79 Å². The van der Waals surface area contributed by atoms with Crippen LogP contribution in [0.5, 0.6) is 5.75 Å². The summed E-state index contributed by atoms with van der Waals surface area (Å²) in [6, 6.07) is 7.83. The van der Waals surface area contributed by atoms with Crippen molar-refractivity contribution in [3.05, 3.63) is 45.1 Å². The monoisotopic (exact) mass is 439 g/mol. The maximum absolute atomic E-state index is 13.4. The summed E-state index contributed by atoms with van der Waals surface area (Å²) in [6.07, 6.45) is 5.33. The summed E-state index contributed by atoms with van der Waals surface area (Å²) in [4.78, 5) is 33.3. The number of rotatable bonds is 8. The standard InChI is InChI=1S/C24H33N5O3/c1-5-6-7-8-9-14-27-22(30)20-21(26(3)24(27)31)25-23-28(15-17(2)16-29(20)23)18-10-12-19(32-4)13-11-18/h10-13,17H,5-9,14-16H2,1-4H3/t17-/m0/s1. The first-order chi connectivity index (χ1) is 15.5. The van der Waals surface area contributed by atoms with Gasteiger partial charge in [0.15, 0.2) is 11.2 Å². The van der Waals surface area contributed by atoms with Crippen LogP contribution in [0.1, 0.15) is 46.0 Å². The van der Waals surface area contributed by atoms with E-state index in [1.807, 2.05) is 28.8 Å². The van der Waals surface area contributed by atoms with E-state index < -0.39 is 0 Å². The van der Waals surface area contributed by atoms with Crippen LogP contribution in [-0.2, 0) is 20.1 Å². The normalized spacial score (nSPS) is 15.9. The van der Waals surface area contributed by atoms with E-state index in [1.165, 1.54) is 22.0 Å². The van der Waals surface area contributed by atoms with Crippen molar-refractivity contribution >= 4 is 22.8 Å². The number of fused-ring (bicyclic) bond motifs is 3. The van der Waals surface area contributed by atoms with Gasteiger partial charge in [0.25, 0.3) is 5.56 Å². The fraction of sp³-hybridized carbons (Fsp3) is 0.542. The number of aromatic nitrogens is 4. The molecule has 2 aromatic heterocycles. The average Bonchev–Trinajstić information content (AvgIpc) is 3.18. The highest BCUT2D eigenvalue weighted by molar-refractivity contribution is 5.77.